The van der Waals surface area contributed by atoms with E-state index in [9.17, 15) is 9.59 Å². The van der Waals surface area contributed by atoms with E-state index in [0.717, 1.165) is 17.1 Å². The molecule has 0 saturated carbocycles. The van der Waals surface area contributed by atoms with Crippen LogP contribution in [0.2, 0.25) is 0 Å². The average molecular weight is 406 g/mol. The molecule has 2 amide bonds. The van der Waals surface area contributed by atoms with Crippen molar-refractivity contribution < 1.29 is 23.5 Å². The standard InChI is InChI=1S/C21H14N2O5S/c1-26-15-5-12(6-16(8-15)27-2)3-4-13-10-22-11-14-7-17(28-19(13)14)9-18-20(24)23-21(25)29-18/h5-11H,1-2H3,(H,23,24,25). The number of fused-ring (bicyclic) bond motifs is 1. The molecule has 144 valence electrons. The van der Waals surface area contributed by atoms with Gasteiger partial charge in [-0.25, -0.2) is 0 Å². The van der Waals surface area contributed by atoms with Crippen molar-refractivity contribution in [1.82, 2.24) is 10.3 Å². The number of carbonyl (C=O) groups is 2. The molecule has 7 nitrogen and oxygen atoms in total. The molecule has 1 saturated heterocycles. The number of aromatic nitrogens is 1. The lowest BCUT2D eigenvalue weighted by Gasteiger charge is -2.04. The number of carbonyl (C=O) groups excluding carboxylic acids is 2. The first-order chi connectivity index (χ1) is 14.1. The third kappa shape index (κ3) is 3.95. The minimum absolute atomic E-state index is 0.276. The van der Waals surface area contributed by atoms with E-state index in [4.69, 9.17) is 13.9 Å². The van der Waals surface area contributed by atoms with Gasteiger partial charge in [-0.3, -0.25) is 19.9 Å². The number of nitrogens with one attached hydrogen (secondary N) is 1. The van der Waals surface area contributed by atoms with Crippen molar-refractivity contribution in [3.05, 3.63) is 58.5 Å². The normalized spacial score (nSPS) is 14.6. The molecular formula is C21H14N2O5S. The maximum absolute atomic E-state index is 11.7. The zero-order valence-corrected chi connectivity index (χ0v) is 16.3. The number of furan rings is 1. The highest BCUT2D eigenvalue weighted by Gasteiger charge is 2.25. The molecule has 0 atom stereocenters. The third-order valence-electron chi connectivity index (χ3n) is 4.05. The second kappa shape index (κ2) is 7.73. The van der Waals surface area contributed by atoms with E-state index in [-0.39, 0.29) is 4.91 Å². The second-order valence-corrected chi connectivity index (χ2v) is 6.97. The molecule has 1 aromatic carbocycles. The topological polar surface area (TPSA) is 90.7 Å². The summed E-state index contributed by atoms with van der Waals surface area (Å²) < 4.78 is 16.4. The average Bonchev–Trinajstić information content (AvgIpc) is 3.28. The van der Waals surface area contributed by atoms with Crippen LogP contribution in [0, 0.1) is 11.8 Å². The minimum Gasteiger partial charge on any atom is -0.497 e. The fourth-order valence-corrected chi connectivity index (χ4v) is 3.37. The summed E-state index contributed by atoms with van der Waals surface area (Å²) in [6.45, 7) is 0. The minimum atomic E-state index is -0.439. The van der Waals surface area contributed by atoms with E-state index in [2.05, 4.69) is 22.1 Å². The lowest BCUT2D eigenvalue weighted by molar-refractivity contribution is -0.115. The molecule has 8 heteroatoms. The van der Waals surface area contributed by atoms with E-state index in [1.807, 2.05) is 0 Å². The van der Waals surface area contributed by atoms with Gasteiger partial charge in [0.15, 0.2) is 5.58 Å². The van der Waals surface area contributed by atoms with Gasteiger partial charge in [0, 0.05) is 35.5 Å². The number of amides is 2. The molecule has 1 fully saturated rings. The number of hydrogen-bond acceptors (Lipinski definition) is 7. The maximum atomic E-state index is 11.7. The molecule has 29 heavy (non-hydrogen) atoms. The van der Waals surface area contributed by atoms with Crippen LogP contribution in [0.5, 0.6) is 11.5 Å². The SMILES string of the molecule is COc1cc(C#Cc2cncc3cc(C=C4SC(=O)NC4=O)oc23)cc(OC)c1. The molecular weight excluding hydrogens is 392 g/mol. The smallest absolute Gasteiger partial charge is 0.290 e. The van der Waals surface area contributed by atoms with Crippen molar-refractivity contribution in [3.8, 4) is 23.3 Å². The molecule has 0 bridgehead atoms. The van der Waals surface area contributed by atoms with Gasteiger partial charge in [0.2, 0.25) is 0 Å². The number of benzene rings is 1. The molecule has 2 aromatic heterocycles. The second-order valence-electron chi connectivity index (χ2n) is 5.96. The summed E-state index contributed by atoms with van der Waals surface area (Å²) in [4.78, 5) is 27.5. The Morgan fingerprint density at radius 2 is 1.83 bits per heavy atom. The van der Waals surface area contributed by atoms with Crippen LogP contribution >= 0.6 is 11.8 Å². The number of thioether (sulfide) groups is 1. The lowest BCUT2D eigenvalue weighted by Crippen LogP contribution is -2.17. The Bertz CT molecular complexity index is 1210. The van der Waals surface area contributed by atoms with E-state index in [1.54, 1.807) is 50.9 Å². The number of ether oxygens (including phenoxy) is 2. The van der Waals surface area contributed by atoms with Crippen LogP contribution in [0.3, 0.4) is 0 Å². The monoisotopic (exact) mass is 406 g/mol. The van der Waals surface area contributed by atoms with Crippen molar-refractivity contribution in [2.75, 3.05) is 14.2 Å². The van der Waals surface area contributed by atoms with Gasteiger partial charge in [0.05, 0.1) is 24.7 Å². The summed E-state index contributed by atoms with van der Waals surface area (Å²) in [6.07, 6.45) is 4.77. The van der Waals surface area contributed by atoms with E-state index >= 15 is 0 Å². The first kappa shape index (κ1) is 18.7. The Balaban J connectivity index is 1.71. The summed E-state index contributed by atoms with van der Waals surface area (Å²) in [6, 6.07) is 7.11. The number of pyridine rings is 1. The van der Waals surface area contributed by atoms with Gasteiger partial charge < -0.3 is 13.9 Å². The summed E-state index contributed by atoms with van der Waals surface area (Å²) in [5.74, 6) is 7.38. The molecule has 1 aliphatic rings. The molecule has 0 aliphatic carbocycles. The van der Waals surface area contributed by atoms with Crippen LogP contribution in [0.1, 0.15) is 16.9 Å². The zero-order valence-electron chi connectivity index (χ0n) is 15.4. The molecule has 3 aromatic rings. The predicted molar refractivity (Wildman–Crippen MR) is 109 cm³/mol. The van der Waals surface area contributed by atoms with Gasteiger partial charge in [-0.15, -0.1) is 0 Å². The number of imide groups is 1. The highest BCUT2D eigenvalue weighted by Crippen LogP contribution is 2.29. The lowest BCUT2D eigenvalue weighted by atomic mass is 10.1. The van der Waals surface area contributed by atoms with Crippen molar-refractivity contribution in [3.63, 3.8) is 0 Å². The van der Waals surface area contributed by atoms with Gasteiger partial charge in [0.25, 0.3) is 11.1 Å². The fraction of sp³-hybridized carbons (Fsp3) is 0.0952. The van der Waals surface area contributed by atoms with Crippen molar-refractivity contribution in [2.45, 2.75) is 0 Å². The van der Waals surface area contributed by atoms with Crippen LogP contribution in [0.25, 0.3) is 17.0 Å². The maximum Gasteiger partial charge on any atom is 0.290 e. The number of methoxy groups -OCH3 is 2. The Morgan fingerprint density at radius 3 is 2.48 bits per heavy atom. The number of rotatable bonds is 3. The quantitative estimate of drug-likeness (QED) is 0.525. The van der Waals surface area contributed by atoms with Crippen molar-refractivity contribution in [2.24, 2.45) is 0 Å². The van der Waals surface area contributed by atoms with Crippen LogP contribution in [0.15, 0.2) is 46.0 Å². The first-order valence-electron chi connectivity index (χ1n) is 8.43. The first-order valence-corrected chi connectivity index (χ1v) is 9.25. The Kier molecular flexibility index (Phi) is 4.97. The third-order valence-corrected chi connectivity index (χ3v) is 4.86. The summed E-state index contributed by atoms with van der Waals surface area (Å²) in [5.41, 5.74) is 1.85. The molecule has 1 N–H and O–H groups in total. The summed E-state index contributed by atoms with van der Waals surface area (Å²) >= 11 is 0.831. The molecule has 3 heterocycles. The van der Waals surface area contributed by atoms with Gasteiger partial charge >= 0.3 is 0 Å². The van der Waals surface area contributed by atoms with Crippen LogP contribution in [0.4, 0.5) is 4.79 Å². The van der Waals surface area contributed by atoms with Crippen LogP contribution < -0.4 is 14.8 Å². The van der Waals surface area contributed by atoms with E-state index in [1.165, 1.54) is 6.08 Å². The molecule has 0 radical (unpaired) electrons. The van der Waals surface area contributed by atoms with Gasteiger partial charge in [-0.2, -0.15) is 0 Å². The van der Waals surface area contributed by atoms with E-state index < -0.39 is 11.1 Å². The molecule has 1 aliphatic heterocycles. The Morgan fingerprint density at radius 1 is 1.07 bits per heavy atom. The zero-order chi connectivity index (χ0) is 20.4. The summed E-state index contributed by atoms with van der Waals surface area (Å²) in [5, 5.41) is 2.54. The fourth-order valence-electron chi connectivity index (χ4n) is 2.71. The highest BCUT2D eigenvalue weighted by molar-refractivity contribution is 8.18. The molecule has 0 spiro atoms. The summed E-state index contributed by atoms with van der Waals surface area (Å²) in [7, 11) is 3.15. The van der Waals surface area contributed by atoms with Crippen molar-refractivity contribution >= 4 is 40.0 Å². The number of hydrogen-bond donors (Lipinski definition) is 1. The molecule has 0 unspecified atom stereocenters. The van der Waals surface area contributed by atoms with Gasteiger partial charge in [-0.1, -0.05) is 11.8 Å². The predicted octanol–water partition coefficient (Wildman–Crippen LogP) is 3.57. The van der Waals surface area contributed by atoms with Crippen LogP contribution in [-0.2, 0) is 4.79 Å². The van der Waals surface area contributed by atoms with Gasteiger partial charge in [0.1, 0.15) is 17.3 Å². The molecule has 4 rings (SSSR count). The van der Waals surface area contributed by atoms with Crippen LogP contribution in [-0.4, -0.2) is 30.3 Å². The number of nitrogens with zero attached hydrogens (tertiary/aromatic N) is 1. The largest absolute Gasteiger partial charge is 0.497 e. The Hall–Kier alpha value is -3.70. The van der Waals surface area contributed by atoms with Crippen molar-refractivity contribution in [1.29, 1.82) is 0 Å². The highest BCUT2D eigenvalue weighted by atomic mass is 32.2. The van der Waals surface area contributed by atoms with E-state index in [0.29, 0.717) is 34.0 Å². The Labute approximate surface area is 170 Å². The van der Waals surface area contributed by atoms with Gasteiger partial charge in [-0.05, 0) is 30.0 Å².